The molecule has 0 aliphatic heterocycles. The van der Waals surface area contributed by atoms with Crippen LogP contribution in [-0.4, -0.2) is 20.2 Å². The van der Waals surface area contributed by atoms with Gasteiger partial charge in [0, 0.05) is 29.2 Å². The number of pyridine rings is 1. The molecule has 5 rings (SSSR count). The van der Waals surface area contributed by atoms with E-state index < -0.39 is 0 Å². The molecule has 1 saturated carbocycles. The topological polar surface area (TPSA) is 76.2 Å². The van der Waals surface area contributed by atoms with Gasteiger partial charge < -0.3 is 10.7 Å². The predicted molar refractivity (Wildman–Crippen MR) is 98.7 cm³/mol. The highest BCUT2D eigenvalue weighted by molar-refractivity contribution is 6.02. The maximum Gasteiger partial charge on any atom is 0.186 e. The summed E-state index contributed by atoms with van der Waals surface area (Å²) in [5.41, 5.74) is 11.8. The molecule has 5 nitrogen and oxygen atoms in total. The van der Waals surface area contributed by atoms with Crippen LogP contribution in [0.1, 0.15) is 28.9 Å². The third-order valence-corrected chi connectivity index (χ3v) is 5.14. The maximum absolute atomic E-state index is 12.6. The molecule has 5 heteroatoms. The zero-order valence-corrected chi connectivity index (χ0v) is 13.9. The van der Waals surface area contributed by atoms with E-state index in [1.807, 2.05) is 28.9 Å². The largest absolute Gasteiger partial charge is 0.382 e. The Morgan fingerprint density at radius 3 is 2.88 bits per heavy atom. The first kappa shape index (κ1) is 14.3. The fourth-order valence-corrected chi connectivity index (χ4v) is 3.60. The highest BCUT2D eigenvalue weighted by Gasteiger charge is 2.34. The predicted octanol–water partition coefficient (Wildman–Crippen LogP) is 3.97. The lowest BCUT2D eigenvalue weighted by Gasteiger charge is -2.09. The molecule has 0 amide bonds. The Bertz CT molecular complexity index is 1150. The Balaban J connectivity index is 1.72. The Hall–Kier alpha value is -3.08. The molecule has 25 heavy (non-hydrogen) atoms. The first-order valence-electron chi connectivity index (χ1n) is 8.52. The van der Waals surface area contributed by atoms with Crippen molar-refractivity contribution in [1.82, 2.24) is 14.4 Å². The van der Waals surface area contributed by atoms with Crippen LogP contribution in [0.2, 0.25) is 0 Å². The van der Waals surface area contributed by atoms with E-state index in [-0.39, 0.29) is 11.7 Å². The standard InChI is InChI=1S/C20H18N4O/c1-11-14(5-6-16-15(11)8-9-22-16)13-4-7-17-23-20(21)18(24(17)10-13)19(25)12-2-3-12/h4-10,12,22H,2-3,21H2,1H3. The third kappa shape index (κ3) is 2.09. The van der Waals surface area contributed by atoms with E-state index in [1.165, 1.54) is 10.9 Å². The normalized spacial score (nSPS) is 14.4. The van der Waals surface area contributed by atoms with Gasteiger partial charge in [0.05, 0.1) is 0 Å². The van der Waals surface area contributed by atoms with E-state index in [0.29, 0.717) is 17.2 Å². The molecular formula is C20H18N4O. The number of benzene rings is 1. The number of hydrogen-bond donors (Lipinski definition) is 2. The van der Waals surface area contributed by atoms with Gasteiger partial charge in [-0.1, -0.05) is 6.07 Å². The summed E-state index contributed by atoms with van der Waals surface area (Å²) >= 11 is 0. The molecular weight excluding hydrogens is 312 g/mol. The number of anilines is 1. The number of carbonyl (C=O) groups excluding carboxylic acids is 1. The Labute approximate surface area is 144 Å². The van der Waals surface area contributed by atoms with E-state index in [9.17, 15) is 4.79 Å². The number of carbonyl (C=O) groups is 1. The Morgan fingerprint density at radius 1 is 1.24 bits per heavy atom. The molecule has 4 aromatic rings. The maximum atomic E-state index is 12.6. The molecule has 0 saturated heterocycles. The average Bonchev–Trinajstić information content (AvgIpc) is 3.24. The quantitative estimate of drug-likeness (QED) is 0.558. The van der Waals surface area contributed by atoms with Crippen LogP contribution in [0.5, 0.6) is 0 Å². The zero-order chi connectivity index (χ0) is 17.1. The second-order valence-corrected chi connectivity index (χ2v) is 6.81. The molecule has 1 aliphatic rings. The number of hydrogen-bond acceptors (Lipinski definition) is 3. The fraction of sp³-hybridized carbons (Fsp3) is 0.200. The Morgan fingerprint density at radius 2 is 2.08 bits per heavy atom. The summed E-state index contributed by atoms with van der Waals surface area (Å²) in [4.78, 5) is 20.2. The van der Waals surface area contributed by atoms with Gasteiger partial charge in [-0.2, -0.15) is 0 Å². The lowest BCUT2D eigenvalue weighted by atomic mass is 9.99. The zero-order valence-electron chi connectivity index (χ0n) is 13.9. The molecule has 1 aromatic carbocycles. The molecule has 3 aromatic heterocycles. The van der Waals surface area contributed by atoms with Crippen LogP contribution >= 0.6 is 0 Å². The summed E-state index contributed by atoms with van der Waals surface area (Å²) in [7, 11) is 0. The number of imidazole rings is 1. The number of nitrogens with one attached hydrogen (secondary N) is 1. The molecule has 0 bridgehead atoms. The highest BCUT2D eigenvalue weighted by Crippen LogP contribution is 2.35. The van der Waals surface area contributed by atoms with Crippen LogP contribution in [0, 0.1) is 12.8 Å². The van der Waals surface area contributed by atoms with E-state index in [0.717, 1.165) is 29.5 Å². The molecule has 1 fully saturated rings. The first-order chi connectivity index (χ1) is 12.1. The molecule has 0 atom stereocenters. The van der Waals surface area contributed by atoms with Crippen molar-refractivity contribution in [3.8, 4) is 11.1 Å². The van der Waals surface area contributed by atoms with Crippen molar-refractivity contribution in [3.63, 3.8) is 0 Å². The number of Topliss-reactive ketones (excluding diaryl/α,β-unsaturated/α-hetero) is 1. The minimum atomic E-state index is 0.111. The number of rotatable bonds is 3. The lowest BCUT2D eigenvalue weighted by Crippen LogP contribution is -2.08. The van der Waals surface area contributed by atoms with Crippen molar-refractivity contribution in [3.05, 3.63) is 54.0 Å². The van der Waals surface area contributed by atoms with Crippen molar-refractivity contribution in [1.29, 1.82) is 0 Å². The van der Waals surface area contributed by atoms with Gasteiger partial charge in [-0.25, -0.2) is 4.98 Å². The van der Waals surface area contributed by atoms with Gasteiger partial charge in [-0.15, -0.1) is 0 Å². The number of nitrogens with zero attached hydrogens (tertiary/aromatic N) is 2. The van der Waals surface area contributed by atoms with Crippen LogP contribution in [0.4, 0.5) is 5.82 Å². The van der Waals surface area contributed by atoms with E-state index in [1.54, 1.807) is 0 Å². The summed E-state index contributed by atoms with van der Waals surface area (Å²) in [6, 6.07) is 10.2. The summed E-state index contributed by atoms with van der Waals surface area (Å²) in [5.74, 6) is 0.551. The van der Waals surface area contributed by atoms with Crippen molar-refractivity contribution >= 4 is 28.2 Å². The number of fused-ring (bicyclic) bond motifs is 2. The summed E-state index contributed by atoms with van der Waals surface area (Å²) in [6.07, 6.45) is 5.84. The molecule has 3 heterocycles. The van der Waals surface area contributed by atoms with E-state index >= 15 is 0 Å². The van der Waals surface area contributed by atoms with Crippen LogP contribution in [0.25, 0.3) is 27.7 Å². The lowest BCUT2D eigenvalue weighted by molar-refractivity contribution is 0.0963. The van der Waals surface area contributed by atoms with E-state index in [4.69, 9.17) is 5.73 Å². The fourth-order valence-electron chi connectivity index (χ4n) is 3.60. The molecule has 1 aliphatic carbocycles. The second kappa shape index (κ2) is 4.96. The number of ketones is 1. The molecule has 124 valence electrons. The van der Waals surface area contributed by atoms with Crippen molar-refractivity contribution in [2.75, 3.05) is 5.73 Å². The monoisotopic (exact) mass is 330 g/mol. The molecule has 0 spiro atoms. The van der Waals surface area contributed by atoms with Gasteiger partial charge in [-0.05, 0) is 60.7 Å². The number of aromatic nitrogens is 3. The minimum Gasteiger partial charge on any atom is -0.382 e. The number of aryl methyl sites for hydroxylation is 1. The molecule has 3 N–H and O–H groups in total. The van der Waals surface area contributed by atoms with E-state index in [2.05, 4.69) is 35.1 Å². The second-order valence-electron chi connectivity index (χ2n) is 6.81. The first-order valence-corrected chi connectivity index (χ1v) is 8.52. The number of nitrogens with two attached hydrogens (primary N) is 1. The van der Waals surface area contributed by atoms with Gasteiger partial charge >= 0.3 is 0 Å². The van der Waals surface area contributed by atoms with Gasteiger partial charge in [0.15, 0.2) is 11.6 Å². The number of nitrogen functional groups attached to an aromatic ring is 1. The number of aromatic amines is 1. The minimum absolute atomic E-state index is 0.111. The van der Waals surface area contributed by atoms with Crippen molar-refractivity contribution < 1.29 is 4.79 Å². The van der Waals surface area contributed by atoms with Gasteiger partial charge in [-0.3, -0.25) is 9.20 Å². The van der Waals surface area contributed by atoms with Crippen LogP contribution in [0.15, 0.2) is 42.7 Å². The Kier molecular flexibility index (Phi) is 2.83. The van der Waals surface area contributed by atoms with Gasteiger partial charge in [0.2, 0.25) is 0 Å². The van der Waals surface area contributed by atoms with Gasteiger partial charge in [0.25, 0.3) is 0 Å². The van der Waals surface area contributed by atoms with Crippen molar-refractivity contribution in [2.45, 2.75) is 19.8 Å². The molecule has 0 radical (unpaired) electrons. The summed E-state index contributed by atoms with van der Waals surface area (Å²) in [6.45, 7) is 2.12. The molecule has 0 unspecified atom stereocenters. The highest BCUT2D eigenvalue weighted by atomic mass is 16.1. The average molecular weight is 330 g/mol. The SMILES string of the molecule is Cc1c(-c2ccc3nc(N)c(C(=O)C4CC4)n3c2)ccc2[nH]ccc12. The third-order valence-electron chi connectivity index (χ3n) is 5.14. The van der Waals surface area contributed by atoms with Crippen LogP contribution in [0.3, 0.4) is 0 Å². The number of H-pyrrole nitrogens is 1. The van der Waals surface area contributed by atoms with Crippen molar-refractivity contribution in [2.24, 2.45) is 5.92 Å². The summed E-state index contributed by atoms with van der Waals surface area (Å²) < 4.78 is 1.85. The van der Waals surface area contributed by atoms with Gasteiger partial charge in [0.1, 0.15) is 11.3 Å². The smallest absolute Gasteiger partial charge is 0.186 e. The van der Waals surface area contributed by atoms with Crippen LogP contribution in [-0.2, 0) is 0 Å². The summed E-state index contributed by atoms with van der Waals surface area (Å²) in [5, 5.41) is 1.21. The van der Waals surface area contributed by atoms with Crippen LogP contribution < -0.4 is 5.73 Å².